The van der Waals surface area contributed by atoms with Crippen molar-refractivity contribution in [2.24, 2.45) is 5.73 Å². The Bertz CT molecular complexity index is 460. The van der Waals surface area contributed by atoms with Crippen LogP contribution in [0.3, 0.4) is 0 Å². The number of alkyl halides is 3. The number of nitrogens with two attached hydrogens (primary N) is 1. The van der Waals surface area contributed by atoms with Gasteiger partial charge in [-0.25, -0.2) is 4.39 Å². The summed E-state index contributed by atoms with van der Waals surface area (Å²) in [5.41, 5.74) is 3.84. The summed E-state index contributed by atoms with van der Waals surface area (Å²) in [6.07, 6.45) is -4.03. The molecule has 0 aliphatic carbocycles. The van der Waals surface area contributed by atoms with E-state index in [1.54, 1.807) is 6.92 Å². The molecule has 0 saturated heterocycles. The van der Waals surface area contributed by atoms with Crippen LogP contribution in [0.25, 0.3) is 0 Å². The first kappa shape index (κ1) is 15.4. The van der Waals surface area contributed by atoms with Gasteiger partial charge in [0.15, 0.2) is 0 Å². The van der Waals surface area contributed by atoms with Gasteiger partial charge in [-0.3, -0.25) is 4.79 Å². The van der Waals surface area contributed by atoms with Gasteiger partial charge in [0.25, 0.3) is 5.91 Å². The number of carbonyl (C=O) groups excluding carboxylic acids is 1. The van der Waals surface area contributed by atoms with E-state index >= 15 is 0 Å². The van der Waals surface area contributed by atoms with E-state index in [4.69, 9.17) is 5.73 Å². The molecule has 1 aromatic rings. The van der Waals surface area contributed by atoms with Crippen molar-refractivity contribution in [1.29, 1.82) is 0 Å². The second-order valence-electron chi connectivity index (χ2n) is 4.07. The van der Waals surface area contributed by atoms with E-state index in [2.05, 4.69) is 5.32 Å². The summed E-state index contributed by atoms with van der Waals surface area (Å²) in [5, 5.41) is 2.30. The van der Waals surface area contributed by atoms with Gasteiger partial charge in [-0.2, -0.15) is 13.2 Å². The Morgan fingerprint density at radius 1 is 1.42 bits per heavy atom. The first-order chi connectivity index (χ1) is 8.75. The van der Waals surface area contributed by atoms with Crippen molar-refractivity contribution in [3.05, 3.63) is 35.1 Å². The molecule has 0 heterocycles. The van der Waals surface area contributed by atoms with Gasteiger partial charge >= 0.3 is 6.18 Å². The molecule has 106 valence electrons. The number of carbonyl (C=O) groups is 1. The van der Waals surface area contributed by atoms with Crippen LogP contribution < -0.4 is 11.1 Å². The number of halogens is 4. The molecule has 1 aromatic carbocycles. The first-order valence-electron chi connectivity index (χ1n) is 5.66. The molecule has 0 bridgehead atoms. The van der Waals surface area contributed by atoms with Crippen molar-refractivity contribution >= 4 is 5.91 Å². The molecule has 7 heteroatoms. The fraction of sp³-hybridized carbons (Fsp3) is 0.417. The van der Waals surface area contributed by atoms with Gasteiger partial charge in [0.1, 0.15) is 5.82 Å². The minimum absolute atomic E-state index is 0.0744. The number of hydrogen-bond donors (Lipinski definition) is 2. The molecule has 1 unspecified atom stereocenters. The van der Waals surface area contributed by atoms with Crippen LogP contribution in [0.5, 0.6) is 0 Å². The zero-order chi connectivity index (χ0) is 14.6. The second kappa shape index (κ2) is 6.01. The van der Waals surface area contributed by atoms with Crippen LogP contribution >= 0.6 is 0 Å². The minimum Gasteiger partial charge on any atom is -0.350 e. The molecular weight excluding hydrogens is 264 g/mol. The third kappa shape index (κ3) is 4.20. The molecule has 3 nitrogen and oxygen atoms in total. The molecule has 0 aliphatic heterocycles. The highest BCUT2D eigenvalue weighted by molar-refractivity contribution is 5.94. The Morgan fingerprint density at radius 2 is 2.05 bits per heavy atom. The van der Waals surface area contributed by atoms with E-state index in [1.165, 1.54) is 0 Å². The predicted octanol–water partition coefficient (Wildman–Crippen LogP) is 2.31. The third-order valence-electron chi connectivity index (χ3n) is 2.59. The van der Waals surface area contributed by atoms with Crippen LogP contribution in [0.4, 0.5) is 17.6 Å². The van der Waals surface area contributed by atoms with E-state index < -0.39 is 29.0 Å². The van der Waals surface area contributed by atoms with E-state index in [9.17, 15) is 22.4 Å². The summed E-state index contributed by atoms with van der Waals surface area (Å²) in [4.78, 5) is 11.6. The first-order valence-corrected chi connectivity index (χ1v) is 5.66. The summed E-state index contributed by atoms with van der Waals surface area (Å²) < 4.78 is 50.7. The Labute approximate surface area is 107 Å². The van der Waals surface area contributed by atoms with Crippen molar-refractivity contribution in [2.45, 2.75) is 25.6 Å². The Morgan fingerprint density at radius 3 is 2.58 bits per heavy atom. The normalized spacial score (nSPS) is 13.2. The second-order valence-corrected chi connectivity index (χ2v) is 4.07. The Hall–Kier alpha value is -1.63. The van der Waals surface area contributed by atoms with Crippen LogP contribution in [0.15, 0.2) is 18.2 Å². The van der Waals surface area contributed by atoms with Crippen molar-refractivity contribution in [3.63, 3.8) is 0 Å². The molecule has 0 fully saturated rings. The lowest BCUT2D eigenvalue weighted by atomic mass is 10.1. The lowest BCUT2D eigenvalue weighted by Gasteiger charge is -2.12. The number of rotatable bonds is 4. The van der Waals surface area contributed by atoms with Gasteiger partial charge in [-0.05, 0) is 24.6 Å². The largest absolute Gasteiger partial charge is 0.416 e. The molecule has 3 N–H and O–H groups in total. The molecule has 0 aromatic heterocycles. The van der Waals surface area contributed by atoms with Crippen LogP contribution in [0, 0.1) is 5.82 Å². The lowest BCUT2D eigenvalue weighted by Crippen LogP contribution is -2.37. The fourth-order valence-electron chi connectivity index (χ4n) is 1.34. The Balaban J connectivity index is 2.90. The van der Waals surface area contributed by atoms with Gasteiger partial charge in [0.2, 0.25) is 0 Å². The maximum atomic E-state index is 13.4. The fourth-order valence-corrected chi connectivity index (χ4v) is 1.34. The maximum Gasteiger partial charge on any atom is 0.416 e. The van der Waals surface area contributed by atoms with Gasteiger partial charge in [0.05, 0.1) is 11.1 Å². The van der Waals surface area contributed by atoms with E-state index in [1.807, 2.05) is 0 Å². The van der Waals surface area contributed by atoms with Gasteiger partial charge < -0.3 is 11.1 Å². The molecule has 1 atom stereocenters. The average Bonchev–Trinajstić information content (AvgIpc) is 2.34. The molecule has 0 aliphatic rings. The zero-order valence-corrected chi connectivity index (χ0v) is 10.2. The van der Waals surface area contributed by atoms with Crippen molar-refractivity contribution in [2.75, 3.05) is 6.54 Å². The molecule has 0 radical (unpaired) electrons. The van der Waals surface area contributed by atoms with E-state index in [-0.39, 0.29) is 12.6 Å². The SMILES string of the molecule is CCC(N)CNC(=O)c1cc(C(F)(F)F)ccc1F. The Kier molecular flexibility index (Phi) is 4.88. The predicted molar refractivity (Wildman–Crippen MR) is 62.0 cm³/mol. The van der Waals surface area contributed by atoms with Crippen LogP contribution in [0.2, 0.25) is 0 Å². The van der Waals surface area contributed by atoms with Gasteiger partial charge in [-0.1, -0.05) is 6.92 Å². The van der Waals surface area contributed by atoms with Gasteiger partial charge in [0, 0.05) is 12.6 Å². The van der Waals surface area contributed by atoms with Crippen molar-refractivity contribution < 1.29 is 22.4 Å². The number of amides is 1. The van der Waals surface area contributed by atoms with Crippen molar-refractivity contribution in [3.8, 4) is 0 Å². The monoisotopic (exact) mass is 278 g/mol. The van der Waals surface area contributed by atoms with Crippen molar-refractivity contribution in [1.82, 2.24) is 5.32 Å². The van der Waals surface area contributed by atoms with Gasteiger partial charge in [-0.15, -0.1) is 0 Å². The number of benzene rings is 1. The highest BCUT2D eigenvalue weighted by Crippen LogP contribution is 2.30. The summed E-state index contributed by atoms with van der Waals surface area (Å²) in [6, 6.07) is 1.38. The average molecular weight is 278 g/mol. The summed E-state index contributed by atoms with van der Waals surface area (Å²) in [6.45, 7) is 1.87. The smallest absolute Gasteiger partial charge is 0.350 e. The quantitative estimate of drug-likeness (QED) is 0.830. The summed E-state index contributed by atoms with van der Waals surface area (Å²) >= 11 is 0. The van der Waals surface area contributed by atoms with Crippen LogP contribution in [0.1, 0.15) is 29.3 Å². The highest BCUT2D eigenvalue weighted by Gasteiger charge is 2.31. The molecule has 0 spiro atoms. The van der Waals surface area contributed by atoms with Crippen LogP contribution in [-0.2, 0) is 6.18 Å². The molecule has 1 rings (SSSR count). The highest BCUT2D eigenvalue weighted by atomic mass is 19.4. The maximum absolute atomic E-state index is 13.4. The molecule has 1 amide bonds. The minimum atomic E-state index is -4.62. The molecular formula is C12H14F4N2O. The standard InChI is InChI=1S/C12H14F4N2O/c1-2-8(17)6-18-11(19)9-5-7(12(14,15)16)3-4-10(9)13/h3-5,8H,2,6,17H2,1H3,(H,18,19). The summed E-state index contributed by atoms with van der Waals surface area (Å²) in [7, 11) is 0. The number of nitrogens with one attached hydrogen (secondary N) is 1. The third-order valence-corrected chi connectivity index (χ3v) is 2.59. The lowest BCUT2D eigenvalue weighted by molar-refractivity contribution is -0.137. The topological polar surface area (TPSA) is 55.1 Å². The number of hydrogen-bond acceptors (Lipinski definition) is 2. The van der Waals surface area contributed by atoms with E-state index in [0.717, 1.165) is 0 Å². The van der Waals surface area contributed by atoms with E-state index in [0.29, 0.717) is 24.6 Å². The van der Waals surface area contributed by atoms with Crippen LogP contribution in [-0.4, -0.2) is 18.5 Å². The summed E-state index contributed by atoms with van der Waals surface area (Å²) in [5.74, 6) is -1.91. The zero-order valence-electron chi connectivity index (χ0n) is 10.2. The molecule has 0 saturated carbocycles. The molecule has 19 heavy (non-hydrogen) atoms.